The summed E-state index contributed by atoms with van der Waals surface area (Å²) in [5, 5.41) is 7.76. The van der Waals surface area contributed by atoms with Gasteiger partial charge in [-0.05, 0) is 6.92 Å². The summed E-state index contributed by atoms with van der Waals surface area (Å²) in [6.07, 6.45) is 1.43. The van der Waals surface area contributed by atoms with E-state index < -0.39 is 0 Å². The van der Waals surface area contributed by atoms with Crippen LogP contribution in [0, 0.1) is 0 Å². The van der Waals surface area contributed by atoms with Crippen LogP contribution < -0.4 is 0 Å². The number of ether oxygens (including phenoxy) is 1. The second kappa shape index (κ2) is 8.91. The number of hydrogen-bond donors (Lipinski definition) is 1. The Kier molecular flexibility index (Phi) is 10.2. The number of aliphatic hydroxyl groups is 1. The summed E-state index contributed by atoms with van der Waals surface area (Å²) in [6, 6.07) is 0. The Morgan fingerprint density at radius 1 is 1.73 bits per heavy atom. The molecule has 0 fully saturated rings. The van der Waals surface area contributed by atoms with Gasteiger partial charge in [0.1, 0.15) is 0 Å². The zero-order valence-corrected chi connectivity index (χ0v) is 6.96. The van der Waals surface area contributed by atoms with Crippen molar-refractivity contribution in [2.45, 2.75) is 6.92 Å². The van der Waals surface area contributed by atoms with Crippen LogP contribution in [0.4, 0.5) is 0 Å². The molecule has 0 saturated carbocycles. The summed E-state index contributed by atoms with van der Waals surface area (Å²) in [5.74, 6) is -0.347. The smallest absolute Gasteiger partial charge is 0.332 e. The van der Waals surface area contributed by atoms with E-state index in [4.69, 9.17) is 5.11 Å². The fourth-order valence-corrected chi connectivity index (χ4v) is 0.174. The number of aliphatic hydroxyl groups excluding tert-OH is 1. The van der Waals surface area contributed by atoms with Crippen LogP contribution in [0.1, 0.15) is 6.92 Å². The van der Waals surface area contributed by atoms with Crippen molar-refractivity contribution in [3.05, 3.63) is 24.8 Å². The zero-order valence-electron chi connectivity index (χ0n) is 6.96. The molecule has 64 valence electrons. The molecule has 0 bridgehead atoms. The van der Waals surface area contributed by atoms with Gasteiger partial charge < -0.3 is 9.84 Å². The molecule has 0 unspecified atom stereocenters. The standard InChI is InChI=1S/C5H8O2.C3H6O/c1-4(2)5(6)7-3;1-2-3-4/h1H2,2-3H3;2,4H,1,3H2. The van der Waals surface area contributed by atoms with Crippen LogP contribution in [0.3, 0.4) is 0 Å². The van der Waals surface area contributed by atoms with Crippen molar-refractivity contribution in [1.82, 2.24) is 0 Å². The van der Waals surface area contributed by atoms with Crippen molar-refractivity contribution in [2.24, 2.45) is 0 Å². The average molecular weight is 158 g/mol. The van der Waals surface area contributed by atoms with Crippen LogP contribution in [0.5, 0.6) is 0 Å². The summed E-state index contributed by atoms with van der Waals surface area (Å²) in [5.41, 5.74) is 0.433. The van der Waals surface area contributed by atoms with Crippen LogP contribution in [-0.2, 0) is 9.53 Å². The lowest BCUT2D eigenvalue weighted by atomic mass is 10.4. The van der Waals surface area contributed by atoms with Crippen molar-refractivity contribution in [3.8, 4) is 0 Å². The third-order valence-corrected chi connectivity index (χ3v) is 0.663. The first-order chi connectivity index (χ1) is 5.09. The van der Waals surface area contributed by atoms with Gasteiger partial charge in [0.05, 0.1) is 13.7 Å². The molecule has 0 aromatic rings. The zero-order chi connectivity index (χ0) is 9.28. The molecule has 0 aromatic heterocycles. The minimum absolute atomic E-state index is 0.0833. The predicted molar refractivity (Wildman–Crippen MR) is 44.1 cm³/mol. The molecular weight excluding hydrogens is 144 g/mol. The van der Waals surface area contributed by atoms with Crippen molar-refractivity contribution in [1.29, 1.82) is 0 Å². The van der Waals surface area contributed by atoms with E-state index in [1.807, 2.05) is 0 Å². The number of methoxy groups -OCH3 is 1. The van der Waals surface area contributed by atoms with Gasteiger partial charge in [0.25, 0.3) is 0 Å². The topological polar surface area (TPSA) is 46.5 Å². The molecule has 11 heavy (non-hydrogen) atoms. The van der Waals surface area contributed by atoms with Crippen LogP contribution in [0.25, 0.3) is 0 Å². The van der Waals surface area contributed by atoms with E-state index in [2.05, 4.69) is 17.9 Å². The maximum Gasteiger partial charge on any atom is 0.332 e. The van der Waals surface area contributed by atoms with E-state index in [0.717, 1.165) is 0 Å². The van der Waals surface area contributed by atoms with E-state index in [-0.39, 0.29) is 12.6 Å². The highest BCUT2D eigenvalue weighted by Gasteiger charge is 1.95. The van der Waals surface area contributed by atoms with Gasteiger partial charge in [0, 0.05) is 5.57 Å². The van der Waals surface area contributed by atoms with Crippen LogP contribution in [0.2, 0.25) is 0 Å². The summed E-state index contributed by atoms with van der Waals surface area (Å²) in [7, 11) is 1.33. The Labute approximate surface area is 67.0 Å². The Morgan fingerprint density at radius 2 is 2.09 bits per heavy atom. The monoisotopic (exact) mass is 158 g/mol. The molecule has 0 aliphatic rings. The van der Waals surface area contributed by atoms with Crippen molar-refractivity contribution in [3.63, 3.8) is 0 Å². The number of esters is 1. The minimum atomic E-state index is -0.347. The molecule has 0 amide bonds. The summed E-state index contributed by atoms with van der Waals surface area (Å²) in [6.45, 7) is 8.27. The van der Waals surface area contributed by atoms with Gasteiger partial charge in [-0.3, -0.25) is 0 Å². The molecule has 0 aromatic carbocycles. The molecule has 1 N–H and O–H groups in total. The molecular formula is C8H14O3. The lowest BCUT2D eigenvalue weighted by molar-refractivity contribution is -0.136. The molecule has 0 spiro atoms. The fourth-order valence-electron chi connectivity index (χ4n) is 0.174. The van der Waals surface area contributed by atoms with Gasteiger partial charge in [-0.2, -0.15) is 0 Å². The summed E-state index contributed by atoms with van der Waals surface area (Å²) >= 11 is 0. The van der Waals surface area contributed by atoms with Gasteiger partial charge in [0.15, 0.2) is 0 Å². The highest BCUT2D eigenvalue weighted by molar-refractivity contribution is 5.86. The molecule has 0 atom stereocenters. The SMILES string of the molecule is C=C(C)C(=O)OC.C=CCO. The second-order valence-corrected chi connectivity index (χ2v) is 1.74. The maximum absolute atomic E-state index is 10.2. The van der Waals surface area contributed by atoms with Crippen molar-refractivity contribution >= 4 is 5.97 Å². The van der Waals surface area contributed by atoms with Gasteiger partial charge in [0.2, 0.25) is 0 Å². The number of carbonyl (C=O) groups excluding carboxylic acids is 1. The summed E-state index contributed by atoms with van der Waals surface area (Å²) < 4.78 is 4.27. The van der Waals surface area contributed by atoms with Gasteiger partial charge in [-0.25, -0.2) is 4.79 Å². The molecule has 3 nitrogen and oxygen atoms in total. The largest absolute Gasteiger partial charge is 0.466 e. The lowest BCUT2D eigenvalue weighted by Crippen LogP contribution is -1.98. The van der Waals surface area contributed by atoms with Gasteiger partial charge in [-0.1, -0.05) is 12.7 Å². The van der Waals surface area contributed by atoms with E-state index in [0.29, 0.717) is 5.57 Å². The van der Waals surface area contributed by atoms with Crippen LogP contribution in [-0.4, -0.2) is 24.8 Å². The average Bonchev–Trinajstić information content (AvgIpc) is 2.03. The molecule has 3 heteroatoms. The van der Waals surface area contributed by atoms with Gasteiger partial charge >= 0.3 is 5.97 Å². The van der Waals surface area contributed by atoms with Crippen LogP contribution >= 0.6 is 0 Å². The molecule has 0 radical (unpaired) electrons. The Balaban J connectivity index is 0. The normalized spacial score (nSPS) is 7.18. The molecule has 0 heterocycles. The maximum atomic E-state index is 10.2. The van der Waals surface area contributed by atoms with E-state index in [1.165, 1.54) is 13.2 Å². The Morgan fingerprint density at radius 3 is 2.09 bits per heavy atom. The second-order valence-electron chi connectivity index (χ2n) is 1.74. The summed E-state index contributed by atoms with van der Waals surface area (Å²) in [4.78, 5) is 10.2. The molecule has 0 aliphatic heterocycles. The van der Waals surface area contributed by atoms with Crippen LogP contribution in [0.15, 0.2) is 24.8 Å². The highest BCUT2D eigenvalue weighted by atomic mass is 16.5. The highest BCUT2D eigenvalue weighted by Crippen LogP contribution is 1.87. The quantitative estimate of drug-likeness (QED) is 0.369. The third-order valence-electron chi connectivity index (χ3n) is 0.663. The Bertz CT molecular complexity index is 138. The van der Waals surface area contributed by atoms with Crippen molar-refractivity contribution < 1.29 is 14.6 Å². The number of hydrogen-bond acceptors (Lipinski definition) is 3. The Hall–Kier alpha value is -1.09. The van der Waals surface area contributed by atoms with E-state index >= 15 is 0 Å². The molecule has 0 aliphatic carbocycles. The predicted octanol–water partition coefficient (Wildman–Crippen LogP) is 0.900. The molecule has 0 rings (SSSR count). The van der Waals surface area contributed by atoms with E-state index in [1.54, 1.807) is 6.92 Å². The first-order valence-corrected chi connectivity index (χ1v) is 3.05. The first-order valence-electron chi connectivity index (χ1n) is 3.05. The number of carbonyl (C=O) groups is 1. The lowest BCUT2D eigenvalue weighted by Gasteiger charge is -1.91. The van der Waals surface area contributed by atoms with Gasteiger partial charge in [-0.15, -0.1) is 6.58 Å². The fraction of sp³-hybridized carbons (Fsp3) is 0.375. The minimum Gasteiger partial charge on any atom is -0.466 e. The molecule has 0 saturated heterocycles. The number of rotatable bonds is 2. The third kappa shape index (κ3) is 12.2. The van der Waals surface area contributed by atoms with Crippen molar-refractivity contribution in [2.75, 3.05) is 13.7 Å². The first kappa shape index (κ1) is 12.6. The van der Waals surface area contributed by atoms with E-state index in [9.17, 15) is 4.79 Å².